The molecule has 0 saturated heterocycles. The summed E-state index contributed by atoms with van der Waals surface area (Å²) in [6, 6.07) is 10.4. The lowest BCUT2D eigenvalue weighted by Gasteiger charge is -2.06. The van der Waals surface area contributed by atoms with Crippen molar-refractivity contribution in [3.05, 3.63) is 71.4 Å². The fraction of sp³-hybridized carbons (Fsp3) is 0.0588. The Morgan fingerprint density at radius 3 is 2.48 bits per heavy atom. The van der Waals surface area contributed by atoms with Crippen molar-refractivity contribution in [2.45, 2.75) is 6.92 Å². The average molecular weight is 308 g/mol. The van der Waals surface area contributed by atoms with Crippen molar-refractivity contribution in [3.8, 4) is 11.4 Å². The van der Waals surface area contributed by atoms with Crippen LogP contribution < -0.4 is 0 Å². The van der Waals surface area contributed by atoms with Crippen molar-refractivity contribution in [1.29, 1.82) is 0 Å². The third-order valence-electron chi connectivity index (χ3n) is 3.29. The molecule has 6 nitrogen and oxygen atoms in total. The van der Waals surface area contributed by atoms with Crippen molar-refractivity contribution in [3.63, 3.8) is 0 Å². The molecule has 1 aromatic carbocycles. The topological polar surface area (TPSA) is 93.3 Å². The second-order valence-electron chi connectivity index (χ2n) is 4.93. The zero-order chi connectivity index (χ0) is 16.4. The molecule has 0 aliphatic rings. The zero-order valence-electron chi connectivity index (χ0n) is 12.2. The third-order valence-corrected chi connectivity index (χ3v) is 3.29. The van der Waals surface area contributed by atoms with E-state index < -0.39 is 11.8 Å². The molecule has 0 radical (unpaired) electrons. The molecular weight excluding hydrogens is 296 g/mol. The van der Waals surface area contributed by atoms with Crippen molar-refractivity contribution < 1.29 is 19.1 Å². The van der Waals surface area contributed by atoms with Crippen molar-refractivity contribution in [1.82, 2.24) is 9.97 Å². The van der Waals surface area contributed by atoms with Crippen molar-refractivity contribution >= 4 is 11.8 Å². The average Bonchev–Trinajstić information content (AvgIpc) is 3.09. The maximum Gasteiger partial charge on any atom is 0.355 e. The van der Waals surface area contributed by atoms with Gasteiger partial charge in [-0.2, -0.15) is 0 Å². The molecule has 1 N–H and O–H groups in total. The maximum absolute atomic E-state index is 12.3. The number of carboxylic acids is 1. The second-order valence-corrected chi connectivity index (χ2v) is 4.93. The minimum absolute atomic E-state index is 0.0409. The molecule has 0 unspecified atom stereocenters. The highest BCUT2D eigenvalue weighted by atomic mass is 16.4. The molecule has 0 bridgehead atoms. The highest BCUT2D eigenvalue weighted by molar-refractivity contribution is 6.12. The number of nitrogens with zero attached hydrogens (tertiary/aromatic N) is 2. The largest absolute Gasteiger partial charge is 0.476 e. The van der Waals surface area contributed by atoms with Crippen LogP contribution in [0.15, 0.2) is 53.3 Å². The van der Waals surface area contributed by atoms with Gasteiger partial charge in [0.25, 0.3) is 0 Å². The van der Waals surface area contributed by atoms with E-state index in [9.17, 15) is 14.7 Å². The molecule has 0 aliphatic carbocycles. The van der Waals surface area contributed by atoms with Gasteiger partial charge in [-0.25, -0.2) is 14.8 Å². The van der Waals surface area contributed by atoms with E-state index in [4.69, 9.17) is 4.42 Å². The minimum Gasteiger partial charge on any atom is -0.476 e. The number of aromatic carboxylic acids is 1. The Kier molecular flexibility index (Phi) is 3.72. The third kappa shape index (κ3) is 2.87. The molecule has 0 saturated carbocycles. The standard InChI is InChI=1S/C17H12N2O4/c1-10-4-6-11(7-5-10)16-18-9-12(14(19-16)17(21)22)15(20)13-3-2-8-23-13/h2-9H,1H3,(H,21,22). The lowest BCUT2D eigenvalue weighted by atomic mass is 10.1. The monoisotopic (exact) mass is 308 g/mol. The van der Waals surface area contributed by atoms with E-state index in [-0.39, 0.29) is 22.8 Å². The minimum atomic E-state index is -1.30. The SMILES string of the molecule is Cc1ccc(-c2ncc(C(=O)c3ccco3)c(C(=O)O)n2)cc1. The van der Waals surface area contributed by atoms with Gasteiger partial charge in [-0.3, -0.25) is 4.79 Å². The summed E-state index contributed by atoms with van der Waals surface area (Å²) in [5.41, 5.74) is 1.28. The second kappa shape index (κ2) is 5.84. The summed E-state index contributed by atoms with van der Waals surface area (Å²) in [4.78, 5) is 31.9. The summed E-state index contributed by atoms with van der Waals surface area (Å²) < 4.78 is 5.01. The molecule has 23 heavy (non-hydrogen) atoms. The number of rotatable bonds is 4. The van der Waals surface area contributed by atoms with Crippen LogP contribution in [0, 0.1) is 6.92 Å². The van der Waals surface area contributed by atoms with Gasteiger partial charge in [0.15, 0.2) is 17.3 Å². The van der Waals surface area contributed by atoms with E-state index in [1.165, 1.54) is 18.5 Å². The lowest BCUT2D eigenvalue weighted by molar-refractivity contribution is 0.0685. The van der Waals surface area contributed by atoms with Crippen LogP contribution in [0.25, 0.3) is 11.4 Å². The van der Waals surface area contributed by atoms with Gasteiger partial charge in [0.2, 0.25) is 5.78 Å². The molecule has 3 aromatic rings. The maximum atomic E-state index is 12.3. The lowest BCUT2D eigenvalue weighted by Crippen LogP contribution is -2.13. The summed E-state index contributed by atoms with van der Waals surface area (Å²) in [7, 11) is 0. The number of carbonyl (C=O) groups is 2. The van der Waals surface area contributed by atoms with Gasteiger partial charge in [0.1, 0.15) is 0 Å². The van der Waals surface area contributed by atoms with E-state index in [0.29, 0.717) is 5.56 Å². The van der Waals surface area contributed by atoms with Gasteiger partial charge in [-0.05, 0) is 19.1 Å². The summed E-state index contributed by atoms with van der Waals surface area (Å²) in [5, 5.41) is 9.35. The highest BCUT2D eigenvalue weighted by Crippen LogP contribution is 2.19. The number of carboxylic acid groups (broad SMARTS) is 1. The van der Waals surface area contributed by atoms with Crippen LogP contribution in [0.1, 0.15) is 32.2 Å². The van der Waals surface area contributed by atoms with Crippen LogP contribution in [0.2, 0.25) is 0 Å². The van der Waals surface area contributed by atoms with E-state index in [1.807, 2.05) is 19.1 Å². The number of aromatic nitrogens is 2. The van der Waals surface area contributed by atoms with Gasteiger partial charge in [-0.15, -0.1) is 0 Å². The number of carbonyl (C=O) groups excluding carboxylic acids is 1. The summed E-state index contributed by atoms with van der Waals surface area (Å²) in [5.74, 6) is -1.57. The first-order valence-electron chi connectivity index (χ1n) is 6.82. The summed E-state index contributed by atoms with van der Waals surface area (Å²) in [6.07, 6.45) is 2.56. The predicted octanol–water partition coefficient (Wildman–Crippen LogP) is 2.97. The van der Waals surface area contributed by atoms with Crippen LogP contribution in [-0.2, 0) is 0 Å². The molecule has 0 spiro atoms. The first-order chi connectivity index (χ1) is 11.1. The summed E-state index contributed by atoms with van der Waals surface area (Å²) >= 11 is 0. The number of ketones is 1. The van der Waals surface area contributed by atoms with Crippen LogP contribution in [-0.4, -0.2) is 26.8 Å². The first kappa shape index (κ1) is 14.6. The number of furan rings is 1. The van der Waals surface area contributed by atoms with Crippen LogP contribution in [0.3, 0.4) is 0 Å². The molecular formula is C17H12N2O4. The zero-order valence-corrected chi connectivity index (χ0v) is 12.2. The molecule has 0 fully saturated rings. The van der Waals surface area contributed by atoms with Crippen LogP contribution >= 0.6 is 0 Å². The Balaban J connectivity index is 2.07. The van der Waals surface area contributed by atoms with Gasteiger partial charge in [0.05, 0.1) is 11.8 Å². The fourth-order valence-electron chi connectivity index (χ4n) is 2.09. The molecule has 6 heteroatoms. The van der Waals surface area contributed by atoms with Crippen LogP contribution in [0.5, 0.6) is 0 Å². The molecule has 114 valence electrons. The molecule has 3 rings (SSSR count). The van der Waals surface area contributed by atoms with Gasteiger partial charge in [0, 0.05) is 11.8 Å². The van der Waals surface area contributed by atoms with E-state index in [0.717, 1.165) is 5.56 Å². The molecule has 2 aromatic heterocycles. The van der Waals surface area contributed by atoms with Gasteiger partial charge in [-0.1, -0.05) is 29.8 Å². The van der Waals surface area contributed by atoms with Crippen LogP contribution in [0.4, 0.5) is 0 Å². The Bertz CT molecular complexity index is 868. The van der Waals surface area contributed by atoms with E-state index >= 15 is 0 Å². The number of hydrogen-bond donors (Lipinski definition) is 1. The van der Waals surface area contributed by atoms with Gasteiger partial charge < -0.3 is 9.52 Å². The molecule has 0 amide bonds. The smallest absolute Gasteiger partial charge is 0.355 e. The summed E-state index contributed by atoms with van der Waals surface area (Å²) in [6.45, 7) is 1.94. The fourth-order valence-corrected chi connectivity index (χ4v) is 2.09. The number of benzene rings is 1. The van der Waals surface area contributed by atoms with Crippen molar-refractivity contribution in [2.75, 3.05) is 0 Å². The normalized spacial score (nSPS) is 10.5. The Hall–Kier alpha value is -3.28. The Labute approximate surface area is 131 Å². The van der Waals surface area contributed by atoms with E-state index in [1.54, 1.807) is 18.2 Å². The molecule has 0 atom stereocenters. The van der Waals surface area contributed by atoms with E-state index in [2.05, 4.69) is 9.97 Å². The highest BCUT2D eigenvalue weighted by Gasteiger charge is 2.23. The number of hydrogen-bond acceptors (Lipinski definition) is 5. The Morgan fingerprint density at radius 2 is 1.87 bits per heavy atom. The quantitative estimate of drug-likeness (QED) is 0.745. The first-order valence-corrected chi connectivity index (χ1v) is 6.82. The van der Waals surface area contributed by atoms with Gasteiger partial charge >= 0.3 is 5.97 Å². The number of aryl methyl sites for hydroxylation is 1. The Morgan fingerprint density at radius 1 is 1.13 bits per heavy atom. The molecule has 0 aliphatic heterocycles. The molecule has 2 heterocycles. The predicted molar refractivity (Wildman–Crippen MR) is 81.3 cm³/mol. The van der Waals surface area contributed by atoms with Crippen molar-refractivity contribution in [2.24, 2.45) is 0 Å².